The zero-order valence-corrected chi connectivity index (χ0v) is 18.8. The smallest absolute Gasteiger partial charge is 0.240 e. The molecule has 0 radical (unpaired) electrons. The summed E-state index contributed by atoms with van der Waals surface area (Å²) in [7, 11) is -0.961. The first-order valence-corrected chi connectivity index (χ1v) is 11.1. The molecule has 168 valence electrons. The summed E-state index contributed by atoms with van der Waals surface area (Å²) < 4.78 is 37.6. The Labute approximate surface area is 182 Å². The predicted molar refractivity (Wildman–Crippen MR) is 118 cm³/mol. The molecule has 0 fully saturated rings. The van der Waals surface area contributed by atoms with Gasteiger partial charge < -0.3 is 20.1 Å². The van der Waals surface area contributed by atoms with Crippen molar-refractivity contribution in [1.82, 2.24) is 4.72 Å². The fraction of sp³-hybridized carbons (Fsp3) is 0.333. The largest absolute Gasteiger partial charge is 0.493 e. The lowest BCUT2D eigenvalue weighted by Crippen LogP contribution is -2.28. The van der Waals surface area contributed by atoms with Crippen LogP contribution in [0.3, 0.4) is 0 Å². The van der Waals surface area contributed by atoms with E-state index >= 15 is 0 Å². The van der Waals surface area contributed by atoms with Crippen LogP contribution in [-0.4, -0.2) is 41.0 Å². The molecule has 0 aromatic heterocycles. The molecule has 2 amide bonds. The Kier molecular flexibility index (Phi) is 8.40. The normalized spacial score (nSPS) is 11.0. The number of nitrogens with one attached hydrogen (secondary N) is 3. The Hall–Kier alpha value is -3.11. The van der Waals surface area contributed by atoms with Gasteiger partial charge in [-0.2, -0.15) is 0 Å². The molecule has 31 heavy (non-hydrogen) atoms. The number of aryl methyl sites for hydroxylation is 1. The van der Waals surface area contributed by atoms with E-state index in [4.69, 9.17) is 9.47 Å². The molecule has 0 aliphatic rings. The second-order valence-corrected chi connectivity index (χ2v) is 8.41. The van der Waals surface area contributed by atoms with E-state index in [0.29, 0.717) is 23.5 Å². The number of carbonyl (C=O) groups is 2. The monoisotopic (exact) mass is 449 g/mol. The van der Waals surface area contributed by atoms with Crippen LogP contribution in [0.25, 0.3) is 0 Å². The summed E-state index contributed by atoms with van der Waals surface area (Å²) in [6.45, 7) is 3.48. The van der Waals surface area contributed by atoms with Gasteiger partial charge in [-0.3, -0.25) is 9.59 Å². The number of methoxy groups -OCH3 is 2. The van der Waals surface area contributed by atoms with Crippen LogP contribution in [0.1, 0.15) is 25.3 Å². The van der Waals surface area contributed by atoms with Gasteiger partial charge in [-0.25, -0.2) is 13.1 Å². The summed E-state index contributed by atoms with van der Waals surface area (Å²) >= 11 is 0. The van der Waals surface area contributed by atoms with Crippen molar-refractivity contribution in [2.45, 2.75) is 31.6 Å². The molecule has 0 saturated heterocycles. The van der Waals surface area contributed by atoms with Gasteiger partial charge in [0.1, 0.15) is 0 Å². The number of hydrogen-bond donors (Lipinski definition) is 3. The van der Waals surface area contributed by atoms with Crippen LogP contribution in [0.15, 0.2) is 41.3 Å². The highest BCUT2D eigenvalue weighted by Gasteiger charge is 2.17. The SMILES string of the molecule is CCC(=O)Nc1ccc(C)c(NC(=O)CCNS(=O)(=O)c2ccc(OC)c(OC)c2)c1. The van der Waals surface area contributed by atoms with Crippen LogP contribution < -0.4 is 24.8 Å². The van der Waals surface area contributed by atoms with E-state index in [1.807, 2.05) is 6.92 Å². The molecule has 3 N–H and O–H groups in total. The minimum Gasteiger partial charge on any atom is -0.493 e. The molecule has 0 atom stereocenters. The van der Waals surface area contributed by atoms with Crippen molar-refractivity contribution in [3.63, 3.8) is 0 Å². The third-order valence-electron chi connectivity index (χ3n) is 4.43. The Morgan fingerprint density at radius 3 is 2.29 bits per heavy atom. The van der Waals surface area contributed by atoms with Crippen molar-refractivity contribution in [3.8, 4) is 11.5 Å². The van der Waals surface area contributed by atoms with E-state index in [2.05, 4.69) is 15.4 Å². The minimum atomic E-state index is -3.83. The molecule has 0 aliphatic carbocycles. The molecule has 0 spiro atoms. The van der Waals surface area contributed by atoms with E-state index < -0.39 is 10.0 Å². The Balaban J connectivity index is 1.97. The molecule has 0 bridgehead atoms. The molecule has 2 aromatic rings. The van der Waals surface area contributed by atoms with E-state index in [9.17, 15) is 18.0 Å². The molecular weight excluding hydrogens is 422 g/mol. The lowest BCUT2D eigenvalue weighted by atomic mass is 10.1. The Morgan fingerprint density at radius 1 is 0.935 bits per heavy atom. The minimum absolute atomic E-state index is 0.000712. The standard InChI is InChI=1S/C21H27N3O6S/c1-5-20(25)23-15-7-6-14(2)17(12-15)24-21(26)10-11-22-31(27,28)16-8-9-18(29-3)19(13-16)30-4/h6-9,12-13,22H,5,10-11H2,1-4H3,(H,23,25)(H,24,26). The molecule has 2 aromatic carbocycles. The maximum atomic E-state index is 12.5. The van der Waals surface area contributed by atoms with Crippen LogP contribution in [0.2, 0.25) is 0 Å². The van der Waals surface area contributed by atoms with Crippen LogP contribution in [0.5, 0.6) is 11.5 Å². The molecule has 0 aliphatic heterocycles. The lowest BCUT2D eigenvalue weighted by Gasteiger charge is -2.12. The molecule has 10 heteroatoms. The molecule has 0 saturated carbocycles. The van der Waals surface area contributed by atoms with Crippen LogP contribution in [0, 0.1) is 6.92 Å². The summed E-state index contributed by atoms with van der Waals surface area (Å²) in [6, 6.07) is 9.42. The Morgan fingerprint density at radius 2 is 1.65 bits per heavy atom. The van der Waals surface area contributed by atoms with Gasteiger partial charge in [-0.05, 0) is 36.8 Å². The average Bonchev–Trinajstić information content (AvgIpc) is 2.75. The van der Waals surface area contributed by atoms with E-state index in [-0.39, 0.29) is 35.4 Å². The van der Waals surface area contributed by atoms with Gasteiger partial charge in [0, 0.05) is 36.8 Å². The number of hydrogen-bond acceptors (Lipinski definition) is 6. The van der Waals surface area contributed by atoms with Gasteiger partial charge in [-0.1, -0.05) is 13.0 Å². The average molecular weight is 450 g/mol. The van der Waals surface area contributed by atoms with Gasteiger partial charge >= 0.3 is 0 Å². The maximum absolute atomic E-state index is 12.5. The number of sulfonamides is 1. The van der Waals surface area contributed by atoms with Gasteiger partial charge in [0.15, 0.2) is 11.5 Å². The summed E-state index contributed by atoms with van der Waals surface area (Å²) in [5.41, 5.74) is 1.93. The number of carbonyl (C=O) groups excluding carboxylic acids is 2. The zero-order valence-electron chi connectivity index (χ0n) is 17.9. The molecule has 0 heterocycles. The molecule has 2 rings (SSSR count). The van der Waals surface area contributed by atoms with Crippen LogP contribution in [0.4, 0.5) is 11.4 Å². The summed E-state index contributed by atoms with van der Waals surface area (Å²) in [5.74, 6) is 0.199. The molecule has 0 unspecified atom stereocenters. The fourth-order valence-electron chi connectivity index (χ4n) is 2.66. The number of amides is 2. The topological polar surface area (TPSA) is 123 Å². The van der Waals surface area contributed by atoms with Crippen LogP contribution >= 0.6 is 0 Å². The van der Waals surface area contributed by atoms with Crippen molar-refractivity contribution < 1.29 is 27.5 Å². The summed E-state index contributed by atoms with van der Waals surface area (Å²) in [6.07, 6.45) is 0.271. The lowest BCUT2D eigenvalue weighted by molar-refractivity contribution is -0.116. The number of ether oxygens (including phenoxy) is 2. The predicted octanol–water partition coefficient (Wildman–Crippen LogP) is 2.67. The van der Waals surface area contributed by atoms with Crippen molar-refractivity contribution in [2.24, 2.45) is 0 Å². The summed E-state index contributed by atoms with van der Waals surface area (Å²) in [5, 5.41) is 5.47. The quantitative estimate of drug-likeness (QED) is 0.513. The molecule has 9 nitrogen and oxygen atoms in total. The highest BCUT2D eigenvalue weighted by atomic mass is 32.2. The fourth-order valence-corrected chi connectivity index (χ4v) is 3.71. The van der Waals surface area contributed by atoms with Crippen molar-refractivity contribution in [1.29, 1.82) is 0 Å². The zero-order chi connectivity index (χ0) is 23.0. The third kappa shape index (κ3) is 6.69. The first-order chi connectivity index (χ1) is 14.7. The number of anilines is 2. The van der Waals surface area contributed by atoms with Crippen LogP contribution in [-0.2, 0) is 19.6 Å². The van der Waals surface area contributed by atoms with Gasteiger partial charge in [0.25, 0.3) is 0 Å². The Bertz CT molecular complexity index is 1050. The maximum Gasteiger partial charge on any atom is 0.240 e. The first-order valence-electron chi connectivity index (χ1n) is 9.62. The van der Waals surface area contributed by atoms with E-state index in [1.165, 1.54) is 32.4 Å². The van der Waals surface area contributed by atoms with E-state index in [0.717, 1.165) is 5.56 Å². The first kappa shape index (κ1) is 24.2. The second kappa shape index (κ2) is 10.8. The van der Waals surface area contributed by atoms with Gasteiger partial charge in [0.05, 0.1) is 19.1 Å². The van der Waals surface area contributed by atoms with Gasteiger partial charge in [0.2, 0.25) is 21.8 Å². The third-order valence-corrected chi connectivity index (χ3v) is 5.88. The van der Waals surface area contributed by atoms with Gasteiger partial charge in [-0.15, -0.1) is 0 Å². The summed E-state index contributed by atoms with van der Waals surface area (Å²) in [4.78, 5) is 23.8. The highest BCUT2D eigenvalue weighted by Crippen LogP contribution is 2.29. The second-order valence-electron chi connectivity index (χ2n) is 6.64. The van der Waals surface area contributed by atoms with Crippen molar-refractivity contribution in [2.75, 3.05) is 31.4 Å². The highest BCUT2D eigenvalue weighted by molar-refractivity contribution is 7.89. The number of benzene rings is 2. The van der Waals surface area contributed by atoms with Crippen molar-refractivity contribution >= 4 is 33.2 Å². The number of rotatable bonds is 10. The van der Waals surface area contributed by atoms with Crippen molar-refractivity contribution in [3.05, 3.63) is 42.0 Å². The molecular formula is C21H27N3O6S. The van der Waals surface area contributed by atoms with E-state index in [1.54, 1.807) is 25.1 Å².